The first-order valence-corrected chi connectivity index (χ1v) is 10.3. The maximum Gasteiger partial charge on any atom is 0.234 e. The summed E-state index contributed by atoms with van der Waals surface area (Å²) in [5.41, 5.74) is 1.61. The number of nitrogens with zero attached hydrogens (tertiary/aromatic N) is 2. The summed E-state index contributed by atoms with van der Waals surface area (Å²) in [6.45, 7) is 0. The van der Waals surface area contributed by atoms with E-state index in [4.69, 9.17) is 11.6 Å². The van der Waals surface area contributed by atoms with Crippen LogP contribution in [-0.2, 0) is 4.79 Å². The van der Waals surface area contributed by atoms with Crippen LogP contribution >= 0.6 is 34.9 Å². The number of halogens is 1. The fourth-order valence-electron chi connectivity index (χ4n) is 2.67. The standard InChI is InChI=1S/C20H14ClN3OS2/c21-16-10-4-3-9-15(16)19-23-20(27-24-19)26-12-18(25)22-17-11-5-7-13-6-1-2-8-14(13)17/h1-11H,12H2,(H,22,25). The van der Waals surface area contributed by atoms with Crippen LogP contribution in [0.3, 0.4) is 0 Å². The second kappa shape index (κ2) is 8.08. The second-order valence-corrected chi connectivity index (χ2v) is 8.11. The highest BCUT2D eigenvalue weighted by molar-refractivity contribution is 8.01. The number of fused-ring (bicyclic) bond motifs is 1. The maximum absolute atomic E-state index is 12.4. The number of rotatable bonds is 5. The lowest BCUT2D eigenvalue weighted by Gasteiger charge is -2.08. The van der Waals surface area contributed by atoms with E-state index in [0.29, 0.717) is 10.8 Å². The van der Waals surface area contributed by atoms with E-state index in [1.165, 1.54) is 23.3 Å². The van der Waals surface area contributed by atoms with Gasteiger partial charge in [0.1, 0.15) is 0 Å². The zero-order chi connectivity index (χ0) is 18.6. The lowest BCUT2D eigenvalue weighted by atomic mass is 10.1. The highest BCUT2D eigenvalue weighted by Crippen LogP contribution is 2.30. The van der Waals surface area contributed by atoms with Crippen LogP contribution in [0.5, 0.6) is 0 Å². The van der Waals surface area contributed by atoms with Gasteiger partial charge in [0.2, 0.25) is 5.91 Å². The van der Waals surface area contributed by atoms with Gasteiger partial charge in [-0.3, -0.25) is 4.79 Å². The first kappa shape index (κ1) is 18.0. The smallest absolute Gasteiger partial charge is 0.234 e. The van der Waals surface area contributed by atoms with Gasteiger partial charge < -0.3 is 5.32 Å². The topological polar surface area (TPSA) is 54.9 Å². The van der Waals surface area contributed by atoms with E-state index >= 15 is 0 Å². The van der Waals surface area contributed by atoms with Crippen LogP contribution in [-0.4, -0.2) is 21.0 Å². The SMILES string of the molecule is O=C(CSc1nc(-c2ccccc2Cl)ns1)Nc1cccc2ccccc12. The molecule has 0 saturated carbocycles. The van der Waals surface area contributed by atoms with Gasteiger partial charge in [-0.1, -0.05) is 71.9 Å². The molecule has 0 spiro atoms. The quantitative estimate of drug-likeness (QED) is 0.425. The minimum Gasteiger partial charge on any atom is -0.325 e. The van der Waals surface area contributed by atoms with E-state index in [2.05, 4.69) is 14.7 Å². The van der Waals surface area contributed by atoms with Gasteiger partial charge in [-0.15, -0.1) is 0 Å². The highest BCUT2D eigenvalue weighted by Gasteiger charge is 2.12. The summed E-state index contributed by atoms with van der Waals surface area (Å²) in [4.78, 5) is 16.8. The number of carbonyl (C=O) groups excluding carboxylic acids is 1. The van der Waals surface area contributed by atoms with Gasteiger partial charge in [0.15, 0.2) is 10.2 Å². The van der Waals surface area contributed by atoms with E-state index < -0.39 is 0 Å². The van der Waals surface area contributed by atoms with Crippen LogP contribution in [0.2, 0.25) is 5.02 Å². The third-order valence-electron chi connectivity index (χ3n) is 3.91. The zero-order valence-electron chi connectivity index (χ0n) is 14.1. The average molecular weight is 412 g/mol. The molecule has 0 bridgehead atoms. The van der Waals surface area contributed by atoms with E-state index in [-0.39, 0.29) is 11.7 Å². The van der Waals surface area contributed by atoms with Crippen LogP contribution < -0.4 is 5.32 Å². The van der Waals surface area contributed by atoms with Crippen LogP contribution in [0.15, 0.2) is 71.1 Å². The van der Waals surface area contributed by atoms with Gasteiger partial charge in [0.05, 0.1) is 10.8 Å². The Bertz CT molecular complexity index is 1110. The lowest BCUT2D eigenvalue weighted by molar-refractivity contribution is -0.113. The maximum atomic E-state index is 12.4. The van der Waals surface area contributed by atoms with E-state index in [0.717, 1.165) is 26.4 Å². The van der Waals surface area contributed by atoms with E-state index in [1.807, 2.05) is 66.7 Å². The van der Waals surface area contributed by atoms with Crippen molar-refractivity contribution in [1.29, 1.82) is 0 Å². The normalized spacial score (nSPS) is 10.9. The van der Waals surface area contributed by atoms with Crippen LogP contribution in [0.25, 0.3) is 22.2 Å². The predicted octanol–water partition coefficient (Wildman–Crippen LogP) is 5.74. The van der Waals surface area contributed by atoms with Crippen molar-refractivity contribution in [3.8, 4) is 11.4 Å². The van der Waals surface area contributed by atoms with Crippen molar-refractivity contribution in [2.75, 3.05) is 11.1 Å². The molecule has 4 rings (SSSR count). The predicted molar refractivity (Wildman–Crippen MR) is 114 cm³/mol. The third-order valence-corrected chi connectivity index (χ3v) is 6.08. The molecule has 134 valence electrons. The molecule has 4 nitrogen and oxygen atoms in total. The van der Waals surface area contributed by atoms with Crippen molar-refractivity contribution in [2.45, 2.75) is 4.34 Å². The molecule has 1 heterocycles. The van der Waals surface area contributed by atoms with Crippen molar-refractivity contribution in [1.82, 2.24) is 9.36 Å². The lowest BCUT2D eigenvalue weighted by Crippen LogP contribution is -2.14. The molecular formula is C20H14ClN3OS2. The Morgan fingerprint density at radius 1 is 1.04 bits per heavy atom. The Morgan fingerprint density at radius 3 is 2.70 bits per heavy atom. The number of hydrogen-bond donors (Lipinski definition) is 1. The summed E-state index contributed by atoms with van der Waals surface area (Å²) >= 11 is 8.82. The summed E-state index contributed by atoms with van der Waals surface area (Å²) in [5, 5.41) is 5.71. The number of nitrogens with one attached hydrogen (secondary N) is 1. The molecule has 0 aliphatic heterocycles. The first-order chi connectivity index (χ1) is 13.2. The Morgan fingerprint density at radius 2 is 1.81 bits per heavy atom. The molecule has 0 aliphatic rings. The van der Waals surface area contributed by atoms with Crippen LogP contribution in [0.1, 0.15) is 0 Å². The van der Waals surface area contributed by atoms with Gasteiger partial charge in [-0.25, -0.2) is 4.98 Å². The first-order valence-electron chi connectivity index (χ1n) is 8.20. The van der Waals surface area contributed by atoms with Crippen molar-refractivity contribution < 1.29 is 4.79 Å². The monoisotopic (exact) mass is 411 g/mol. The summed E-state index contributed by atoms with van der Waals surface area (Å²) in [5.74, 6) is 0.772. The Labute approximate surface area is 169 Å². The van der Waals surface area contributed by atoms with Gasteiger partial charge in [0, 0.05) is 16.6 Å². The summed E-state index contributed by atoms with van der Waals surface area (Å²) in [7, 11) is 0. The Balaban J connectivity index is 1.42. The Kier molecular flexibility index (Phi) is 5.38. The fourth-order valence-corrected chi connectivity index (χ4v) is 4.30. The molecule has 4 aromatic rings. The molecule has 0 atom stereocenters. The van der Waals surface area contributed by atoms with E-state index in [9.17, 15) is 4.79 Å². The van der Waals surface area contributed by atoms with Gasteiger partial charge >= 0.3 is 0 Å². The van der Waals surface area contributed by atoms with Gasteiger partial charge in [-0.05, 0) is 35.1 Å². The van der Waals surface area contributed by atoms with Crippen molar-refractivity contribution in [3.63, 3.8) is 0 Å². The molecule has 7 heteroatoms. The van der Waals surface area contributed by atoms with Crippen LogP contribution in [0, 0.1) is 0 Å². The molecule has 0 unspecified atom stereocenters. The zero-order valence-corrected chi connectivity index (χ0v) is 16.4. The number of hydrogen-bond acceptors (Lipinski definition) is 5. The van der Waals surface area contributed by atoms with Crippen molar-refractivity contribution >= 4 is 57.3 Å². The summed E-state index contributed by atoms with van der Waals surface area (Å²) < 4.78 is 5.08. The Hall–Kier alpha value is -2.41. The third kappa shape index (κ3) is 4.13. The molecule has 1 amide bonds. The second-order valence-electron chi connectivity index (χ2n) is 5.73. The van der Waals surface area contributed by atoms with Crippen molar-refractivity contribution in [2.24, 2.45) is 0 Å². The van der Waals surface area contributed by atoms with Gasteiger partial charge in [-0.2, -0.15) is 4.37 Å². The van der Waals surface area contributed by atoms with Gasteiger partial charge in [0.25, 0.3) is 0 Å². The van der Waals surface area contributed by atoms with E-state index in [1.54, 1.807) is 0 Å². The number of anilines is 1. The molecule has 0 aliphatic carbocycles. The summed E-state index contributed by atoms with van der Waals surface area (Å²) in [6.07, 6.45) is 0. The fraction of sp³-hybridized carbons (Fsp3) is 0.0500. The number of amides is 1. The molecule has 1 N–H and O–H groups in total. The molecule has 3 aromatic carbocycles. The minimum absolute atomic E-state index is 0.0779. The molecule has 1 aromatic heterocycles. The number of thioether (sulfide) groups is 1. The largest absolute Gasteiger partial charge is 0.325 e. The molecular weight excluding hydrogens is 398 g/mol. The van der Waals surface area contributed by atoms with Crippen molar-refractivity contribution in [3.05, 3.63) is 71.8 Å². The number of aromatic nitrogens is 2. The average Bonchev–Trinajstić information content (AvgIpc) is 3.16. The summed E-state index contributed by atoms with van der Waals surface area (Å²) in [6, 6.07) is 21.3. The number of carbonyl (C=O) groups is 1. The minimum atomic E-state index is -0.0779. The van der Waals surface area contributed by atoms with Crippen LogP contribution in [0.4, 0.5) is 5.69 Å². The number of benzene rings is 3. The molecule has 0 saturated heterocycles. The molecule has 0 radical (unpaired) electrons. The molecule has 27 heavy (non-hydrogen) atoms. The highest BCUT2D eigenvalue weighted by atomic mass is 35.5. The molecule has 0 fully saturated rings.